The first kappa shape index (κ1) is 13.4. The molecule has 0 saturated carbocycles. The lowest BCUT2D eigenvalue weighted by molar-refractivity contribution is 0.261. The molecular weight excluding hydrogens is 222 g/mol. The van der Waals surface area contributed by atoms with Gasteiger partial charge < -0.3 is 15.5 Å². The first-order valence-electron chi connectivity index (χ1n) is 6.84. The van der Waals surface area contributed by atoms with Crippen LogP contribution >= 0.6 is 0 Å². The Hall–Kier alpha value is -1.06. The van der Waals surface area contributed by atoms with Crippen molar-refractivity contribution in [1.82, 2.24) is 4.90 Å². The Morgan fingerprint density at radius 3 is 2.72 bits per heavy atom. The van der Waals surface area contributed by atoms with Gasteiger partial charge >= 0.3 is 0 Å². The minimum absolute atomic E-state index is 0.551. The van der Waals surface area contributed by atoms with E-state index in [0.29, 0.717) is 6.04 Å². The zero-order valence-electron chi connectivity index (χ0n) is 11.8. The molecule has 0 spiro atoms. The smallest absolute Gasteiger partial charge is 0.0429 e. The molecule has 2 rings (SSSR count). The van der Waals surface area contributed by atoms with Crippen LogP contribution in [-0.4, -0.2) is 44.2 Å². The molecule has 100 valence electrons. The van der Waals surface area contributed by atoms with Gasteiger partial charge in [0, 0.05) is 31.4 Å². The highest BCUT2D eigenvalue weighted by Gasteiger charge is 2.25. The maximum atomic E-state index is 5.76. The van der Waals surface area contributed by atoms with Gasteiger partial charge in [-0.3, -0.25) is 0 Å². The second-order valence-electron chi connectivity index (χ2n) is 5.48. The molecule has 1 aromatic rings. The predicted molar refractivity (Wildman–Crippen MR) is 78.2 cm³/mol. The van der Waals surface area contributed by atoms with Crippen molar-refractivity contribution in [1.29, 1.82) is 0 Å². The number of piperazine rings is 1. The van der Waals surface area contributed by atoms with Crippen LogP contribution in [0.3, 0.4) is 0 Å². The van der Waals surface area contributed by atoms with Crippen LogP contribution < -0.4 is 10.6 Å². The Morgan fingerprint density at radius 1 is 1.28 bits per heavy atom. The van der Waals surface area contributed by atoms with E-state index in [2.05, 4.69) is 48.9 Å². The third-order valence-corrected chi connectivity index (χ3v) is 3.85. The number of hydrogen-bond acceptors (Lipinski definition) is 3. The van der Waals surface area contributed by atoms with E-state index in [0.717, 1.165) is 32.6 Å². The Kier molecular flexibility index (Phi) is 4.25. The fraction of sp³-hybridized carbons (Fsp3) is 0.600. The quantitative estimate of drug-likeness (QED) is 0.883. The van der Waals surface area contributed by atoms with Crippen LogP contribution in [0.1, 0.15) is 17.5 Å². The highest BCUT2D eigenvalue weighted by atomic mass is 15.3. The van der Waals surface area contributed by atoms with Crippen molar-refractivity contribution in [2.45, 2.75) is 26.3 Å². The van der Waals surface area contributed by atoms with Crippen LogP contribution in [0, 0.1) is 13.8 Å². The molecule has 1 heterocycles. The zero-order valence-corrected chi connectivity index (χ0v) is 11.8. The van der Waals surface area contributed by atoms with E-state index in [1.165, 1.54) is 16.8 Å². The van der Waals surface area contributed by atoms with Gasteiger partial charge in [0.1, 0.15) is 0 Å². The van der Waals surface area contributed by atoms with Crippen molar-refractivity contribution < 1.29 is 0 Å². The average Bonchev–Trinajstić information content (AvgIpc) is 2.31. The molecule has 0 radical (unpaired) electrons. The molecule has 1 atom stereocenters. The molecule has 1 aliphatic rings. The molecule has 1 fully saturated rings. The summed E-state index contributed by atoms with van der Waals surface area (Å²) in [5.74, 6) is 0. The van der Waals surface area contributed by atoms with Gasteiger partial charge in [0.15, 0.2) is 0 Å². The lowest BCUT2D eigenvalue weighted by atomic mass is 10.0. The van der Waals surface area contributed by atoms with Crippen LogP contribution in [-0.2, 0) is 0 Å². The molecule has 3 heteroatoms. The van der Waals surface area contributed by atoms with Gasteiger partial charge in [0.25, 0.3) is 0 Å². The molecule has 0 aliphatic carbocycles. The van der Waals surface area contributed by atoms with Gasteiger partial charge in [-0.05, 0) is 45.5 Å². The summed E-state index contributed by atoms with van der Waals surface area (Å²) in [6.45, 7) is 8.47. The van der Waals surface area contributed by atoms with E-state index in [9.17, 15) is 0 Å². The molecular formula is C15H25N3. The summed E-state index contributed by atoms with van der Waals surface area (Å²) in [5, 5.41) is 0. The van der Waals surface area contributed by atoms with Crippen molar-refractivity contribution in [3.05, 3.63) is 29.3 Å². The number of benzene rings is 1. The maximum absolute atomic E-state index is 5.76. The van der Waals surface area contributed by atoms with E-state index in [-0.39, 0.29) is 0 Å². The zero-order chi connectivity index (χ0) is 13.1. The van der Waals surface area contributed by atoms with Crippen LogP contribution in [0.5, 0.6) is 0 Å². The Balaban J connectivity index is 2.23. The second kappa shape index (κ2) is 5.72. The number of nitrogens with two attached hydrogens (primary N) is 1. The fourth-order valence-corrected chi connectivity index (χ4v) is 2.89. The average molecular weight is 247 g/mol. The molecule has 1 unspecified atom stereocenters. The number of rotatable bonds is 3. The predicted octanol–water partition coefficient (Wildman–Crippen LogP) is 1.77. The van der Waals surface area contributed by atoms with Crippen LogP contribution in [0.15, 0.2) is 18.2 Å². The third-order valence-electron chi connectivity index (χ3n) is 3.85. The molecule has 2 N–H and O–H groups in total. The topological polar surface area (TPSA) is 32.5 Å². The first-order chi connectivity index (χ1) is 8.61. The van der Waals surface area contributed by atoms with E-state index in [4.69, 9.17) is 5.73 Å². The molecule has 0 amide bonds. The lowest BCUT2D eigenvalue weighted by Gasteiger charge is -2.42. The number of nitrogens with zero attached hydrogens (tertiary/aromatic N) is 2. The first-order valence-corrected chi connectivity index (χ1v) is 6.84. The minimum Gasteiger partial charge on any atom is -0.366 e. The van der Waals surface area contributed by atoms with Gasteiger partial charge in [-0.2, -0.15) is 0 Å². The fourth-order valence-electron chi connectivity index (χ4n) is 2.89. The number of aryl methyl sites for hydroxylation is 2. The molecule has 18 heavy (non-hydrogen) atoms. The van der Waals surface area contributed by atoms with E-state index < -0.39 is 0 Å². The van der Waals surface area contributed by atoms with Crippen molar-refractivity contribution in [3.8, 4) is 0 Å². The summed E-state index contributed by atoms with van der Waals surface area (Å²) in [6.07, 6.45) is 1.07. The molecule has 1 aliphatic heterocycles. The largest absolute Gasteiger partial charge is 0.366 e. The van der Waals surface area contributed by atoms with Crippen molar-refractivity contribution in [2.75, 3.05) is 38.1 Å². The summed E-state index contributed by atoms with van der Waals surface area (Å²) in [5.41, 5.74) is 9.85. The lowest BCUT2D eigenvalue weighted by Crippen LogP contribution is -2.52. The Morgan fingerprint density at radius 2 is 2.06 bits per heavy atom. The summed E-state index contributed by atoms with van der Waals surface area (Å²) in [4.78, 5) is 4.95. The highest BCUT2D eigenvalue weighted by Crippen LogP contribution is 2.26. The van der Waals surface area contributed by atoms with E-state index in [1.807, 2.05) is 0 Å². The number of hydrogen-bond donors (Lipinski definition) is 1. The van der Waals surface area contributed by atoms with Gasteiger partial charge in [-0.1, -0.05) is 17.7 Å². The summed E-state index contributed by atoms with van der Waals surface area (Å²) in [7, 11) is 2.20. The Bertz CT molecular complexity index is 403. The van der Waals surface area contributed by atoms with E-state index in [1.54, 1.807) is 0 Å². The standard InChI is InChI=1S/C15H25N3/c1-12-4-5-15(13(2)10-12)18-9-8-17(3)11-14(18)6-7-16/h4-5,10,14H,6-9,11,16H2,1-3H3. The van der Waals surface area contributed by atoms with Gasteiger partial charge in [0.05, 0.1) is 0 Å². The monoisotopic (exact) mass is 247 g/mol. The third kappa shape index (κ3) is 2.85. The van der Waals surface area contributed by atoms with Crippen molar-refractivity contribution >= 4 is 5.69 Å². The SMILES string of the molecule is Cc1ccc(N2CCN(C)CC2CCN)c(C)c1. The van der Waals surface area contributed by atoms with Gasteiger partial charge in [-0.15, -0.1) is 0 Å². The summed E-state index contributed by atoms with van der Waals surface area (Å²) >= 11 is 0. The molecule has 1 aromatic carbocycles. The van der Waals surface area contributed by atoms with E-state index >= 15 is 0 Å². The van der Waals surface area contributed by atoms with Gasteiger partial charge in [-0.25, -0.2) is 0 Å². The summed E-state index contributed by atoms with van der Waals surface area (Å²) in [6, 6.07) is 7.29. The van der Waals surface area contributed by atoms with Crippen molar-refractivity contribution in [3.63, 3.8) is 0 Å². The molecule has 1 saturated heterocycles. The van der Waals surface area contributed by atoms with Gasteiger partial charge in [0.2, 0.25) is 0 Å². The molecule has 0 bridgehead atoms. The van der Waals surface area contributed by atoms with Crippen LogP contribution in [0.25, 0.3) is 0 Å². The number of anilines is 1. The second-order valence-corrected chi connectivity index (χ2v) is 5.48. The van der Waals surface area contributed by atoms with Crippen LogP contribution in [0.2, 0.25) is 0 Å². The molecule has 0 aromatic heterocycles. The van der Waals surface area contributed by atoms with Crippen molar-refractivity contribution in [2.24, 2.45) is 5.73 Å². The summed E-state index contributed by atoms with van der Waals surface area (Å²) < 4.78 is 0. The molecule has 3 nitrogen and oxygen atoms in total. The highest BCUT2D eigenvalue weighted by molar-refractivity contribution is 5.55. The normalized spacial score (nSPS) is 21.3. The number of likely N-dealkylation sites (N-methyl/N-ethyl adjacent to an activating group) is 1. The Labute approximate surface area is 111 Å². The minimum atomic E-state index is 0.551. The van der Waals surface area contributed by atoms with Crippen LogP contribution in [0.4, 0.5) is 5.69 Å². The maximum Gasteiger partial charge on any atom is 0.0429 e.